The number of halogens is 1. The Balaban J connectivity index is 1.86. The first kappa shape index (κ1) is 15.8. The van der Waals surface area contributed by atoms with Crippen LogP contribution in [0.5, 0.6) is 11.5 Å². The normalized spacial score (nSPS) is 11.0. The van der Waals surface area contributed by atoms with Gasteiger partial charge in [0.1, 0.15) is 11.5 Å². The van der Waals surface area contributed by atoms with Gasteiger partial charge in [0.15, 0.2) is 0 Å². The Morgan fingerprint density at radius 2 is 1.79 bits per heavy atom. The highest BCUT2D eigenvalue weighted by Crippen LogP contribution is 2.25. The fourth-order valence-corrected chi connectivity index (χ4v) is 2.50. The first-order valence-electron chi connectivity index (χ1n) is 7.09. The maximum atomic E-state index is 12.1. The molecule has 0 bridgehead atoms. The van der Waals surface area contributed by atoms with Crippen molar-refractivity contribution in [2.24, 2.45) is 5.10 Å². The SMILES string of the molecule is O=C(N/N=C\c1c(O)ccc2ccccc12)c1cc(Cl)ccc1O. The lowest BCUT2D eigenvalue weighted by molar-refractivity contribution is 0.0952. The van der Waals surface area contributed by atoms with Crippen molar-refractivity contribution >= 4 is 34.5 Å². The van der Waals surface area contributed by atoms with E-state index in [0.29, 0.717) is 10.6 Å². The van der Waals surface area contributed by atoms with Gasteiger partial charge in [-0.2, -0.15) is 5.10 Å². The third kappa shape index (κ3) is 3.16. The molecular weight excluding hydrogens is 328 g/mol. The molecule has 0 unspecified atom stereocenters. The van der Waals surface area contributed by atoms with Gasteiger partial charge in [-0.1, -0.05) is 41.9 Å². The lowest BCUT2D eigenvalue weighted by atomic mass is 10.0. The van der Waals surface area contributed by atoms with Gasteiger partial charge in [-0.25, -0.2) is 5.43 Å². The van der Waals surface area contributed by atoms with E-state index >= 15 is 0 Å². The highest BCUT2D eigenvalue weighted by atomic mass is 35.5. The first-order chi connectivity index (χ1) is 11.6. The fourth-order valence-electron chi connectivity index (χ4n) is 2.33. The molecule has 0 fully saturated rings. The summed E-state index contributed by atoms with van der Waals surface area (Å²) in [4.78, 5) is 12.1. The monoisotopic (exact) mass is 340 g/mol. The summed E-state index contributed by atoms with van der Waals surface area (Å²) >= 11 is 5.81. The highest BCUT2D eigenvalue weighted by Gasteiger charge is 2.11. The zero-order chi connectivity index (χ0) is 17.1. The number of amides is 1. The first-order valence-corrected chi connectivity index (χ1v) is 7.46. The Bertz CT molecular complexity index is 954. The molecule has 0 aliphatic rings. The molecule has 0 heterocycles. The molecule has 3 aromatic carbocycles. The van der Waals surface area contributed by atoms with Crippen molar-refractivity contribution in [1.82, 2.24) is 5.43 Å². The minimum absolute atomic E-state index is 0.0155. The second kappa shape index (κ2) is 6.60. The number of benzene rings is 3. The van der Waals surface area contributed by atoms with Crippen molar-refractivity contribution in [2.45, 2.75) is 0 Å². The van der Waals surface area contributed by atoms with Crippen molar-refractivity contribution in [3.8, 4) is 11.5 Å². The van der Waals surface area contributed by atoms with E-state index in [2.05, 4.69) is 10.5 Å². The lowest BCUT2D eigenvalue weighted by Crippen LogP contribution is -2.17. The number of aromatic hydroxyl groups is 2. The molecule has 6 heteroatoms. The quantitative estimate of drug-likeness (QED) is 0.502. The van der Waals surface area contributed by atoms with E-state index in [0.717, 1.165) is 10.8 Å². The molecule has 0 atom stereocenters. The van der Waals surface area contributed by atoms with Gasteiger partial charge in [0.05, 0.1) is 11.8 Å². The number of hydrazone groups is 1. The van der Waals surface area contributed by atoms with E-state index in [1.165, 1.54) is 24.4 Å². The molecule has 0 spiro atoms. The minimum atomic E-state index is -0.606. The van der Waals surface area contributed by atoms with E-state index in [1.807, 2.05) is 24.3 Å². The predicted octanol–water partition coefficient (Wildman–Crippen LogP) is 3.67. The molecule has 5 nitrogen and oxygen atoms in total. The van der Waals surface area contributed by atoms with E-state index in [4.69, 9.17) is 11.6 Å². The van der Waals surface area contributed by atoms with Crippen LogP contribution < -0.4 is 5.43 Å². The van der Waals surface area contributed by atoms with Crippen LogP contribution >= 0.6 is 11.6 Å². The van der Waals surface area contributed by atoms with Crippen molar-refractivity contribution in [1.29, 1.82) is 0 Å². The highest BCUT2D eigenvalue weighted by molar-refractivity contribution is 6.31. The molecule has 0 radical (unpaired) electrons. The number of phenolic OH excluding ortho intramolecular Hbond substituents is 2. The van der Waals surface area contributed by atoms with Crippen LogP contribution in [-0.4, -0.2) is 22.3 Å². The van der Waals surface area contributed by atoms with Gasteiger partial charge in [-0.05, 0) is 35.0 Å². The number of phenols is 2. The summed E-state index contributed by atoms with van der Waals surface area (Å²) in [6.07, 6.45) is 1.36. The molecule has 3 aromatic rings. The maximum Gasteiger partial charge on any atom is 0.275 e. The summed E-state index contributed by atoms with van der Waals surface area (Å²) in [5.74, 6) is -0.747. The van der Waals surface area contributed by atoms with Crippen LogP contribution in [0, 0.1) is 0 Å². The minimum Gasteiger partial charge on any atom is -0.507 e. The summed E-state index contributed by atoms with van der Waals surface area (Å²) in [5, 5.41) is 25.6. The van der Waals surface area contributed by atoms with Gasteiger partial charge >= 0.3 is 0 Å². The molecule has 120 valence electrons. The Morgan fingerprint density at radius 1 is 1.04 bits per heavy atom. The number of hydrogen-bond donors (Lipinski definition) is 3. The number of carbonyl (C=O) groups excluding carboxylic acids is 1. The third-order valence-electron chi connectivity index (χ3n) is 3.51. The molecular formula is C18H13ClN2O3. The molecule has 24 heavy (non-hydrogen) atoms. The number of nitrogens with zero attached hydrogens (tertiary/aromatic N) is 1. The topological polar surface area (TPSA) is 81.9 Å². The third-order valence-corrected chi connectivity index (χ3v) is 3.75. The van der Waals surface area contributed by atoms with E-state index < -0.39 is 5.91 Å². The second-order valence-corrected chi connectivity index (χ2v) is 5.52. The average Bonchev–Trinajstić information content (AvgIpc) is 2.59. The molecule has 0 saturated heterocycles. The second-order valence-electron chi connectivity index (χ2n) is 5.08. The van der Waals surface area contributed by atoms with Gasteiger partial charge in [0.2, 0.25) is 0 Å². The Kier molecular flexibility index (Phi) is 4.35. The van der Waals surface area contributed by atoms with Crippen LogP contribution in [0.3, 0.4) is 0 Å². The van der Waals surface area contributed by atoms with Crippen molar-refractivity contribution in [3.05, 3.63) is 70.7 Å². The van der Waals surface area contributed by atoms with Crippen LogP contribution in [0.1, 0.15) is 15.9 Å². The molecule has 0 aromatic heterocycles. The van der Waals surface area contributed by atoms with Gasteiger partial charge < -0.3 is 10.2 Å². The van der Waals surface area contributed by atoms with Crippen LogP contribution in [0.15, 0.2) is 59.7 Å². The molecule has 0 aliphatic heterocycles. The summed E-state index contributed by atoms with van der Waals surface area (Å²) in [6.45, 7) is 0. The van der Waals surface area contributed by atoms with Gasteiger partial charge in [-0.15, -0.1) is 0 Å². The smallest absolute Gasteiger partial charge is 0.275 e. The predicted molar refractivity (Wildman–Crippen MR) is 93.8 cm³/mol. The van der Waals surface area contributed by atoms with Crippen LogP contribution in [0.25, 0.3) is 10.8 Å². The fraction of sp³-hybridized carbons (Fsp3) is 0. The number of nitrogens with one attached hydrogen (secondary N) is 1. The Morgan fingerprint density at radius 3 is 2.62 bits per heavy atom. The van der Waals surface area contributed by atoms with Crippen molar-refractivity contribution in [2.75, 3.05) is 0 Å². The number of fused-ring (bicyclic) bond motifs is 1. The summed E-state index contributed by atoms with van der Waals surface area (Å²) in [5.41, 5.74) is 2.81. The van der Waals surface area contributed by atoms with Crippen molar-refractivity contribution < 1.29 is 15.0 Å². The molecule has 0 saturated carbocycles. The van der Waals surface area contributed by atoms with Gasteiger partial charge in [0.25, 0.3) is 5.91 Å². The lowest BCUT2D eigenvalue weighted by Gasteiger charge is -2.05. The van der Waals surface area contributed by atoms with E-state index in [-0.39, 0.29) is 17.1 Å². The van der Waals surface area contributed by atoms with Crippen LogP contribution in [0.2, 0.25) is 5.02 Å². The van der Waals surface area contributed by atoms with Gasteiger partial charge in [0, 0.05) is 10.6 Å². The zero-order valence-corrected chi connectivity index (χ0v) is 13.2. The molecule has 1 amide bonds. The maximum absolute atomic E-state index is 12.1. The summed E-state index contributed by atoms with van der Waals surface area (Å²) < 4.78 is 0. The number of carbonyl (C=O) groups is 1. The largest absolute Gasteiger partial charge is 0.507 e. The standard InChI is InChI=1S/C18H13ClN2O3/c19-12-6-8-16(22)14(9-12)18(24)21-20-10-15-13-4-2-1-3-11(13)5-7-17(15)23/h1-10,22-23H,(H,21,24)/b20-10-. The average molecular weight is 341 g/mol. The molecule has 3 N–H and O–H groups in total. The van der Waals surface area contributed by atoms with E-state index in [9.17, 15) is 15.0 Å². The summed E-state index contributed by atoms with van der Waals surface area (Å²) in [7, 11) is 0. The number of hydrogen-bond acceptors (Lipinski definition) is 4. The van der Waals surface area contributed by atoms with Gasteiger partial charge in [-0.3, -0.25) is 4.79 Å². The molecule has 3 rings (SSSR count). The Hall–Kier alpha value is -3.05. The van der Waals surface area contributed by atoms with E-state index in [1.54, 1.807) is 12.1 Å². The Labute approximate surface area is 142 Å². The van der Waals surface area contributed by atoms with Crippen LogP contribution in [0.4, 0.5) is 0 Å². The molecule has 0 aliphatic carbocycles. The zero-order valence-electron chi connectivity index (χ0n) is 12.4. The number of rotatable bonds is 3. The summed E-state index contributed by atoms with van der Waals surface area (Å²) in [6, 6.07) is 15.0. The van der Waals surface area contributed by atoms with Crippen molar-refractivity contribution in [3.63, 3.8) is 0 Å². The van der Waals surface area contributed by atoms with Crippen LogP contribution in [-0.2, 0) is 0 Å².